The highest BCUT2D eigenvalue weighted by Gasteiger charge is 2.19. The van der Waals surface area contributed by atoms with Gasteiger partial charge in [0.2, 0.25) is 5.75 Å². The summed E-state index contributed by atoms with van der Waals surface area (Å²) in [5, 5.41) is 14.1. The number of anilines is 1. The predicted molar refractivity (Wildman–Crippen MR) is 77.0 cm³/mol. The van der Waals surface area contributed by atoms with Crippen LogP contribution in [0, 0.1) is 10.1 Å². The third-order valence-corrected chi connectivity index (χ3v) is 3.15. The average molecular weight is 314 g/mol. The molecule has 0 aliphatic heterocycles. The fraction of sp³-hybridized carbons (Fsp3) is 0.0833. The fourth-order valence-corrected chi connectivity index (χ4v) is 1.79. The van der Waals surface area contributed by atoms with Crippen molar-refractivity contribution in [2.24, 2.45) is 0 Å². The lowest BCUT2D eigenvalue weighted by atomic mass is 10.3. The molecule has 20 heavy (non-hydrogen) atoms. The quantitative estimate of drug-likeness (QED) is 0.678. The van der Waals surface area contributed by atoms with Gasteiger partial charge in [-0.2, -0.15) is 0 Å². The van der Waals surface area contributed by atoms with Crippen molar-refractivity contribution in [3.05, 3.63) is 50.8 Å². The van der Waals surface area contributed by atoms with Crippen molar-refractivity contribution < 1.29 is 9.66 Å². The zero-order valence-electron chi connectivity index (χ0n) is 10.3. The molecule has 1 aromatic carbocycles. The summed E-state index contributed by atoms with van der Waals surface area (Å²) >= 11 is 11.6. The summed E-state index contributed by atoms with van der Waals surface area (Å²) < 4.78 is 5.46. The molecule has 0 unspecified atom stereocenters. The monoisotopic (exact) mass is 313 g/mol. The van der Waals surface area contributed by atoms with Crippen LogP contribution in [0.25, 0.3) is 0 Å². The zero-order valence-corrected chi connectivity index (χ0v) is 11.8. The number of nitro benzene ring substituents is 1. The third kappa shape index (κ3) is 3.09. The molecule has 0 radical (unpaired) electrons. The third-order valence-electron chi connectivity index (χ3n) is 2.43. The number of hydrogen-bond donors (Lipinski definition) is 1. The second-order valence-electron chi connectivity index (χ2n) is 3.75. The second-order valence-corrected chi connectivity index (χ2v) is 4.57. The minimum atomic E-state index is -0.590. The lowest BCUT2D eigenvalue weighted by Gasteiger charge is -2.08. The zero-order chi connectivity index (χ0) is 14.7. The van der Waals surface area contributed by atoms with Crippen LogP contribution in [0.5, 0.6) is 11.5 Å². The second kappa shape index (κ2) is 5.94. The molecule has 0 amide bonds. The van der Waals surface area contributed by atoms with E-state index in [1.54, 1.807) is 19.3 Å². The maximum atomic E-state index is 11.0. The van der Waals surface area contributed by atoms with E-state index in [0.29, 0.717) is 11.4 Å². The van der Waals surface area contributed by atoms with Gasteiger partial charge in [0.05, 0.1) is 33.0 Å². The van der Waals surface area contributed by atoms with E-state index in [9.17, 15) is 10.1 Å². The first-order valence-electron chi connectivity index (χ1n) is 5.45. The van der Waals surface area contributed by atoms with Gasteiger partial charge < -0.3 is 10.1 Å². The molecule has 0 aliphatic carbocycles. The summed E-state index contributed by atoms with van der Waals surface area (Å²) in [6.45, 7) is 0. The summed E-state index contributed by atoms with van der Waals surface area (Å²) in [6, 6.07) is 4.10. The molecule has 0 aliphatic rings. The fourth-order valence-electron chi connectivity index (χ4n) is 1.48. The van der Waals surface area contributed by atoms with E-state index < -0.39 is 4.92 Å². The Balaban J connectivity index is 2.41. The molecule has 8 heteroatoms. The van der Waals surface area contributed by atoms with Crippen LogP contribution in [0.4, 0.5) is 11.4 Å². The van der Waals surface area contributed by atoms with Crippen molar-refractivity contribution in [2.45, 2.75) is 0 Å². The molecule has 6 nitrogen and oxygen atoms in total. The van der Waals surface area contributed by atoms with Crippen LogP contribution in [-0.4, -0.2) is 17.0 Å². The maximum Gasteiger partial charge on any atom is 0.313 e. The number of rotatable bonds is 4. The summed E-state index contributed by atoms with van der Waals surface area (Å²) in [6.07, 6.45) is 3.03. The molecule has 0 atom stereocenters. The van der Waals surface area contributed by atoms with Gasteiger partial charge in [-0.05, 0) is 0 Å². The first kappa shape index (κ1) is 14.4. The van der Waals surface area contributed by atoms with Gasteiger partial charge in [0, 0.05) is 25.2 Å². The smallest absolute Gasteiger partial charge is 0.313 e. The molecule has 1 heterocycles. The summed E-state index contributed by atoms with van der Waals surface area (Å²) in [5.41, 5.74) is 0.444. The highest BCUT2D eigenvalue weighted by Crippen LogP contribution is 2.38. The number of nitro groups is 1. The van der Waals surface area contributed by atoms with Crippen LogP contribution in [0.3, 0.4) is 0 Å². The van der Waals surface area contributed by atoms with Gasteiger partial charge in [0.25, 0.3) is 0 Å². The van der Waals surface area contributed by atoms with E-state index >= 15 is 0 Å². The number of halogens is 2. The summed E-state index contributed by atoms with van der Waals surface area (Å²) in [7, 11) is 1.72. The molecule has 0 bridgehead atoms. The number of hydrogen-bond acceptors (Lipinski definition) is 5. The summed E-state index contributed by atoms with van der Waals surface area (Å²) in [5.74, 6) is 0.345. The van der Waals surface area contributed by atoms with Gasteiger partial charge >= 0.3 is 5.69 Å². The van der Waals surface area contributed by atoms with Crippen molar-refractivity contribution in [2.75, 3.05) is 12.4 Å². The molecule has 0 fully saturated rings. The van der Waals surface area contributed by atoms with Gasteiger partial charge in [0.15, 0.2) is 0 Å². The number of pyridine rings is 1. The first-order chi connectivity index (χ1) is 9.51. The predicted octanol–water partition coefficient (Wildman–Crippen LogP) is 4.13. The highest BCUT2D eigenvalue weighted by molar-refractivity contribution is 6.42. The van der Waals surface area contributed by atoms with Gasteiger partial charge in [-0.15, -0.1) is 0 Å². The van der Waals surface area contributed by atoms with Crippen molar-refractivity contribution in [1.82, 2.24) is 4.98 Å². The average Bonchev–Trinajstić information content (AvgIpc) is 2.42. The van der Waals surface area contributed by atoms with Crippen molar-refractivity contribution in [3.8, 4) is 11.5 Å². The van der Waals surface area contributed by atoms with Crippen LogP contribution in [0.15, 0.2) is 30.6 Å². The number of nitrogens with zero attached hydrogens (tertiary/aromatic N) is 2. The molecular formula is C12H9Cl2N3O3. The molecule has 2 aromatic rings. The Kier molecular flexibility index (Phi) is 4.26. The Morgan fingerprint density at radius 2 is 1.95 bits per heavy atom. The van der Waals surface area contributed by atoms with E-state index in [1.165, 1.54) is 12.3 Å². The number of benzene rings is 1. The number of ether oxygens (including phenoxy) is 1. The largest absolute Gasteiger partial charge is 0.448 e. The molecule has 104 valence electrons. The molecule has 1 N–H and O–H groups in total. The molecular weight excluding hydrogens is 305 g/mol. The topological polar surface area (TPSA) is 77.3 Å². The maximum absolute atomic E-state index is 11.0. The van der Waals surface area contributed by atoms with Crippen LogP contribution < -0.4 is 10.1 Å². The minimum Gasteiger partial charge on any atom is -0.448 e. The molecule has 1 aromatic heterocycles. The Morgan fingerprint density at radius 3 is 2.60 bits per heavy atom. The van der Waals surface area contributed by atoms with Gasteiger partial charge in [0.1, 0.15) is 5.75 Å². The van der Waals surface area contributed by atoms with Crippen LogP contribution in [0.1, 0.15) is 0 Å². The molecule has 0 spiro atoms. The van der Waals surface area contributed by atoms with E-state index in [0.717, 1.165) is 6.07 Å². The van der Waals surface area contributed by atoms with Gasteiger partial charge in [-0.25, -0.2) is 0 Å². The lowest BCUT2D eigenvalue weighted by molar-refractivity contribution is -0.385. The SMILES string of the molecule is CNc1cncc(Oc2cc(Cl)c(Cl)cc2[N+](=O)[O-])c1. The van der Waals surface area contributed by atoms with E-state index in [2.05, 4.69) is 10.3 Å². The van der Waals surface area contributed by atoms with E-state index in [4.69, 9.17) is 27.9 Å². The number of nitrogens with one attached hydrogen (secondary N) is 1. The van der Waals surface area contributed by atoms with Gasteiger partial charge in [-0.3, -0.25) is 15.1 Å². The van der Waals surface area contributed by atoms with Crippen molar-refractivity contribution in [1.29, 1.82) is 0 Å². The Bertz CT molecular complexity index is 664. The van der Waals surface area contributed by atoms with Crippen molar-refractivity contribution >= 4 is 34.6 Å². The van der Waals surface area contributed by atoms with Crippen LogP contribution >= 0.6 is 23.2 Å². The first-order valence-corrected chi connectivity index (χ1v) is 6.21. The van der Waals surface area contributed by atoms with Gasteiger partial charge in [-0.1, -0.05) is 23.2 Å². The minimum absolute atomic E-state index is 0.000506. The number of aromatic nitrogens is 1. The molecule has 0 saturated carbocycles. The summed E-state index contributed by atoms with van der Waals surface area (Å²) in [4.78, 5) is 14.4. The van der Waals surface area contributed by atoms with Crippen LogP contribution in [-0.2, 0) is 0 Å². The molecule has 2 rings (SSSR count). The van der Waals surface area contributed by atoms with Crippen molar-refractivity contribution in [3.63, 3.8) is 0 Å². The Morgan fingerprint density at radius 1 is 1.25 bits per heavy atom. The van der Waals surface area contributed by atoms with Crippen LogP contribution in [0.2, 0.25) is 10.0 Å². The highest BCUT2D eigenvalue weighted by atomic mass is 35.5. The Labute approximate surface area is 124 Å². The standard InChI is InChI=1S/C12H9Cl2N3O3/c1-15-7-2-8(6-16-5-7)20-12-4-10(14)9(13)3-11(12)17(18)19/h2-6,15H,1H3. The lowest BCUT2D eigenvalue weighted by Crippen LogP contribution is -1.95. The normalized spacial score (nSPS) is 10.2. The molecule has 0 saturated heterocycles. The van der Waals surface area contributed by atoms with E-state index in [-0.39, 0.29) is 21.5 Å². The van der Waals surface area contributed by atoms with E-state index in [1.807, 2.05) is 0 Å². The Hall–Kier alpha value is -2.05.